The van der Waals surface area contributed by atoms with Gasteiger partial charge in [0.15, 0.2) is 0 Å². The largest absolute Gasteiger partial charge is 0.508 e. The van der Waals surface area contributed by atoms with Gasteiger partial charge in [-0.2, -0.15) is 0 Å². The Morgan fingerprint density at radius 2 is 1.71 bits per heavy atom. The maximum absolute atomic E-state index is 9.86. The minimum atomic E-state index is 0.156. The fraction of sp³-hybridized carbons (Fsp3) is 0.333. The van der Waals surface area contributed by atoms with E-state index in [0.29, 0.717) is 6.54 Å². The van der Waals surface area contributed by atoms with Crippen LogP contribution >= 0.6 is 0 Å². The van der Waals surface area contributed by atoms with Crippen molar-refractivity contribution in [2.75, 3.05) is 12.4 Å². The van der Waals surface area contributed by atoms with E-state index in [9.17, 15) is 5.11 Å². The van der Waals surface area contributed by atoms with E-state index in [1.54, 1.807) is 19.2 Å². The van der Waals surface area contributed by atoms with Gasteiger partial charge in [0.05, 0.1) is 7.11 Å². The van der Waals surface area contributed by atoms with Crippen molar-refractivity contribution in [1.29, 1.82) is 0 Å². The quantitative estimate of drug-likeness (QED) is 0.879. The fourth-order valence-corrected chi connectivity index (χ4v) is 2.12. The first-order valence-corrected chi connectivity index (χ1v) is 7.10. The van der Waals surface area contributed by atoms with Crippen LogP contribution in [0.4, 0.5) is 5.69 Å². The Morgan fingerprint density at radius 3 is 2.29 bits per heavy atom. The molecule has 112 valence electrons. The Bertz CT molecular complexity index is 598. The summed E-state index contributed by atoms with van der Waals surface area (Å²) < 4.78 is 5.18. The average molecular weight is 285 g/mol. The van der Waals surface area contributed by atoms with Gasteiger partial charge >= 0.3 is 0 Å². The molecule has 2 rings (SSSR count). The molecule has 0 saturated heterocycles. The minimum Gasteiger partial charge on any atom is -0.508 e. The van der Waals surface area contributed by atoms with Gasteiger partial charge in [-0.05, 0) is 41.3 Å². The van der Waals surface area contributed by atoms with E-state index in [-0.39, 0.29) is 11.2 Å². The highest BCUT2D eigenvalue weighted by molar-refractivity contribution is 5.48. The number of anilines is 1. The number of benzene rings is 2. The van der Waals surface area contributed by atoms with Crippen LogP contribution in [0.15, 0.2) is 42.5 Å². The molecule has 0 bridgehead atoms. The van der Waals surface area contributed by atoms with Crippen molar-refractivity contribution in [3.63, 3.8) is 0 Å². The minimum absolute atomic E-state index is 0.156. The van der Waals surface area contributed by atoms with Crippen molar-refractivity contribution in [2.45, 2.75) is 32.7 Å². The van der Waals surface area contributed by atoms with Crippen molar-refractivity contribution in [2.24, 2.45) is 0 Å². The molecule has 0 unspecified atom stereocenters. The summed E-state index contributed by atoms with van der Waals surface area (Å²) in [7, 11) is 1.62. The standard InChI is InChI=1S/C18H23NO2/c1-18(2,3)14-5-7-15(8-6-14)19-12-13-11-16(21-4)9-10-17(13)20/h5-11,19-20H,12H2,1-4H3. The second-order valence-electron chi connectivity index (χ2n) is 6.18. The molecule has 0 amide bonds. The maximum atomic E-state index is 9.86. The van der Waals surface area contributed by atoms with Crippen LogP contribution < -0.4 is 10.1 Å². The van der Waals surface area contributed by atoms with Gasteiger partial charge in [0, 0.05) is 17.8 Å². The van der Waals surface area contributed by atoms with Crippen LogP contribution in [0.5, 0.6) is 11.5 Å². The molecule has 2 aromatic rings. The summed E-state index contributed by atoms with van der Waals surface area (Å²) in [5.74, 6) is 1.02. The fourth-order valence-electron chi connectivity index (χ4n) is 2.12. The van der Waals surface area contributed by atoms with E-state index in [0.717, 1.165) is 17.0 Å². The highest BCUT2D eigenvalue weighted by atomic mass is 16.5. The molecule has 0 radical (unpaired) electrons. The lowest BCUT2D eigenvalue weighted by Crippen LogP contribution is -2.10. The van der Waals surface area contributed by atoms with Gasteiger partial charge in [0.1, 0.15) is 11.5 Å². The van der Waals surface area contributed by atoms with Gasteiger partial charge < -0.3 is 15.2 Å². The Balaban J connectivity index is 2.06. The van der Waals surface area contributed by atoms with Crippen molar-refractivity contribution < 1.29 is 9.84 Å². The number of phenols is 1. The number of hydrogen-bond donors (Lipinski definition) is 2. The Hall–Kier alpha value is -2.16. The molecule has 21 heavy (non-hydrogen) atoms. The monoisotopic (exact) mass is 285 g/mol. The van der Waals surface area contributed by atoms with Crippen LogP contribution in [0, 0.1) is 0 Å². The number of methoxy groups -OCH3 is 1. The first-order chi connectivity index (χ1) is 9.90. The summed E-state index contributed by atoms with van der Waals surface area (Å²) in [4.78, 5) is 0. The van der Waals surface area contributed by atoms with Gasteiger partial charge in [0.25, 0.3) is 0 Å². The molecule has 0 fully saturated rings. The zero-order chi connectivity index (χ0) is 15.5. The summed E-state index contributed by atoms with van der Waals surface area (Å²) >= 11 is 0. The predicted molar refractivity (Wildman–Crippen MR) is 87.1 cm³/mol. The van der Waals surface area contributed by atoms with Crippen LogP contribution in [-0.2, 0) is 12.0 Å². The molecule has 0 spiro atoms. The van der Waals surface area contributed by atoms with Crippen LogP contribution in [-0.4, -0.2) is 12.2 Å². The van der Waals surface area contributed by atoms with Gasteiger partial charge in [-0.1, -0.05) is 32.9 Å². The summed E-state index contributed by atoms with van der Waals surface area (Å²) in [5.41, 5.74) is 3.31. The number of rotatable bonds is 4. The number of nitrogens with one attached hydrogen (secondary N) is 1. The zero-order valence-corrected chi connectivity index (χ0v) is 13.1. The van der Waals surface area contributed by atoms with Crippen molar-refractivity contribution in [3.05, 3.63) is 53.6 Å². The van der Waals surface area contributed by atoms with Crippen LogP contribution in [0.25, 0.3) is 0 Å². The van der Waals surface area contributed by atoms with Gasteiger partial charge in [-0.25, -0.2) is 0 Å². The molecule has 2 aromatic carbocycles. The lowest BCUT2D eigenvalue weighted by Gasteiger charge is -2.19. The molecular weight excluding hydrogens is 262 g/mol. The highest BCUT2D eigenvalue weighted by Crippen LogP contribution is 2.26. The molecule has 3 nitrogen and oxygen atoms in total. The molecule has 0 aliphatic rings. The van der Waals surface area contributed by atoms with E-state index in [2.05, 4.69) is 50.4 Å². The third-order valence-electron chi connectivity index (χ3n) is 3.52. The lowest BCUT2D eigenvalue weighted by molar-refractivity contribution is 0.411. The Morgan fingerprint density at radius 1 is 1.05 bits per heavy atom. The van der Waals surface area contributed by atoms with Crippen molar-refractivity contribution >= 4 is 5.69 Å². The molecule has 3 heteroatoms. The Kier molecular flexibility index (Phi) is 4.41. The van der Waals surface area contributed by atoms with Crippen molar-refractivity contribution in [1.82, 2.24) is 0 Å². The Labute approximate surface area is 126 Å². The molecular formula is C18H23NO2. The third kappa shape index (κ3) is 3.91. The highest BCUT2D eigenvalue weighted by Gasteiger charge is 2.12. The number of ether oxygens (including phenoxy) is 1. The SMILES string of the molecule is COc1ccc(O)c(CNc2ccc(C(C)(C)C)cc2)c1. The van der Waals surface area contributed by atoms with E-state index < -0.39 is 0 Å². The third-order valence-corrected chi connectivity index (χ3v) is 3.52. The normalized spacial score (nSPS) is 11.2. The average Bonchev–Trinajstić information content (AvgIpc) is 2.46. The predicted octanol–water partition coefficient (Wildman–Crippen LogP) is 4.31. The van der Waals surface area contributed by atoms with E-state index >= 15 is 0 Å². The summed E-state index contributed by atoms with van der Waals surface area (Å²) in [6.07, 6.45) is 0. The first-order valence-electron chi connectivity index (χ1n) is 7.10. The molecule has 2 N–H and O–H groups in total. The molecule has 0 aromatic heterocycles. The van der Waals surface area contributed by atoms with Crippen LogP contribution in [0.2, 0.25) is 0 Å². The summed E-state index contributed by atoms with van der Waals surface area (Å²) in [6, 6.07) is 13.6. The molecule has 0 aliphatic carbocycles. The number of hydrogen-bond acceptors (Lipinski definition) is 3. The van der Waals surface area contributed by atoms with Gasteiger partial charge in [0.2, 0.25) is 0 Å². The first kappa shape index (κ1) is 15.2. The zero-order valence-electron chi connectivity index (χ0n) is 13.1. The number of phenolic OH excluding ortho intramolecular Hbond substituents is 1. The van der Waals surface area contributed by atoms with Gasteiger partial charge in [-0.15, -0.1) is 0 Å². The molecule has 0 atom stereocenters. The summed E-state index contributed by atoms with van der Waals surface area (Å²) in [5, 5.41) is 13.2. The van der Waals surface area contributed by atoms with Gasteiger partial charge in [-0.3, -0.25) is 0 Å². The second kappa shape index (κ2) is 6.08. The molecule has 0 aliphatic heterocycles. The number of aromatic hydroxyl groups is 1. The smallest absolute Gasteiger partial charge is 0.120 e. The molecule has 0 saturated carbocycles. The van der Waals surface area contributed by atoms with Crippen LogP contribution in [0.1, 0.15) is 31.9 Å². The topological polar surface area (TPSA) is 41.5 Å². The van der Waals surface area contributed by atoms with E-state index in [4.69, 9.17) is 4.74 Å². The lowest BCUT2D eigenvalue weighted by atomic mass is 9.87. The van der Waals surface area contributed by atoms with E-state index in [1.165, 1.54) is 5.56 Å². The van der Waals surface area contributed by atoms with Crippen molar-refractivity contribution in [3.8, 4) is 11.5 Å². The van der Waals surface area contributed by atoms with Crippen LogP contribution in [0.3, 0.4) is 0 Å². The molecule has 0 heterocycles. The summed E-state index contributed by atoms with van der Waals surface area (Å²) in [6.45, 7) is 7.15. The van der Waals surface area contributed by atoms with E-state index in [1.807, 2.05) is 6.07 Å². The second-order valence-corrected chi connectivity index (χ2v) is 6.18. The maximum Gasteiger partial charge on any atom is 0.120 e.